The number of nitrogens with zero attached hydrogens (tertiary/aromatic N) is 1. The number of hydrogen-bond acceptors (Lipinski definition) is 5. The number of hydrogen-bond donors (Lipinski definition) is 2. The van der Waals surface area contributed by atoms with Crippen molar-refractivity contribution in [2.45, 2.75) is 30.1 Å². The summed E-state index contributed by atoms with van der Waals surface area (Å²) in [5.74, 6) is 0.764. The summed E-state index contributed by atoms with van der Waals surface area (Å²) in [6.45, 7) is 1.85. The highest BCUT2D eigenvalue weighted by Crippen LogP contribution is 2.27. The summed E-state index contributed by atoms with van der Waals surface area (Å²) in [6, 6.07) is 10.5. The lowest BCUT2D eigenvalue weighted by Gasteiger charge is -2.13. The van der Waals surface area contributed by atoms with Gasteiger partial charge in [-0.05, 0) is 42.7 Å². The highest BCUT2D eigenvalue weighted by Gasteiger charge is 2.28. The molecule has 27 heavy (non-hydrogen) atoms. The Morgan fingerprint density at radius 1 is 1.07 bits per heavy atom. The highest BCUT2D eigenvalue weighted by molar-refractivity contribution is 7.91. The number of ether oxygens (including phenoxy) is 1. The maximum absolute atomic E-state index is 12.5. The Balaban J connectivity index is 1.48. The number of urea groups is 1. The minimum Gasteiger partial charge on any atom is -0.497 e. The number of amides is 2. The van der Waals surface area contributed by atoms with Gasteiger partial charge in [0.1, 0.15) is 9.96 Å². The summed E-state index contributed by atoms with van der Waals surface area (Å²) < 4.78 is 32.0. The summed E-state index contributed by atoms with van der Waals surface area (Å²) in [6.07, 6.45) is 1.82. The van der Waals surface area contributed by atoms with Crippen LogP contribution in [-0.4, -0.2) is 39.0 Å². The van der Waals surface area contributed by atoms with Gasteiger partial charge in [-0.3, -0.25) is 0 Å². The van der Waals surface area contributed by atoms with Crippen LogP contribution in [0.3, 0.4) is 0 Å². The van der Waals surface area contributed by atoms with E-state index in [9.17, 15) is 13.2 Å². The van der Waals surface area contributed by atoms with Crippen LogP contribution < -0.4 is 15.4 Å². The molecule has 0 saturated carbocycles. The first kappa shape index (κ1) is 19.7. The van der Waals surface area contributed by atoms with E-state index >= 15 is 0 Å². The number of nitrogens with one attached hydrogen (secondary N) is 2. The molecule has 0 spiro atoms. The van der Waals surface area contributed by atoms with E-state index < -0.39 is 10.0 Å². The number of sulfonamides is 1. The van der Waals surface area contributed by atoms with Crippen LogP contribution in [-0.2, 0) is 23.1 Å². The molecular weight excluding hydrogens is 386 g/mol. The summed E-state index contributed by atoms with van der Waals surface area (Å²) in [4.78, 5) is 12.8. The van der Waals surface area contributed by atoms with Crippen LogP contribution >= 0.6 is 11.3 Å². The summed E-state index contributed by atoms with van der Waals surface area (Å²) in [5, 5.41) is 5.53. The standard InChI is InChI=1S/C18H23N3O4S2/c1-25-15-6-4-14(5-7-15)12-19-18(22)20-13-16-8-9-17(26-16)27(23,24)21-10-2-3-11-21/h4-9H,2-3,10-13H2,1H3,(H2,19,20,22). The van der Waals surface area contributed by atoms with Crippen LogP contribution in [0.1, 0.15) is 23.3 Å². The van der Waals surface area contributed by atoms with Gasteiger partial charge < -0.3 is 15.4 Å². The molecule has 146 valence electrons. The molecule has 1 fully saturated rings. The molecule has 0 unspecified atom stereocenters. The number of carbonyl (C=O) groups is 1. The zero-order valence-corrected chi connectivity index (χ0v) is 16.7. The third-order valence-corrected chi connectivity index (χ3v) is 7.78. The van der Waals surface area contributed by atoms with Gasteiger partial charge in [0.15, 0.2) is 0 Å². The van der Waals surface area contributed by atoms with E-state index in [0.717, 1.165) is 29.0 Å². The second-order valence-electron chi connectivity index (χ2n) is 6.22. The molecule has 2 aromatic rings. The van der Waals surface area contributed by atoms with Gasteiger partial charge in [-0.15, -0.1) is 11.3 Å². The Hall–Kier alpha value is -2.10. The molecule has 0 atom stereocenters. The van der Waals surface area contributed by atoms with Gasteiger partial charge in [0, 0.05) is 24.5 Å². The topological polar surface area (TPSA) is 87.7 Å². The number of benzene rings is 1. The number of thiophene rings is 1. The van der Waals surface area contributed by atoms with Crippen molar-refractivity contribution in [3.63, 3.8) is 0 Å². The summed E-state index contributed by atoms with van der Waals surface area (Å²) >= 11 is 1.20. The van der Waals surface area contributed by atoms with E-state index in [2.05, 4.69) is 10.6 Å². The molecule has 0 radical (unpaired) electrons. The molecule has 7 nitrogen and oxygen atoms in total. The van der Waals surface area contributed by atoms with Crippen molar-refractivity contribution in [1.29, 1.82) is 0 Å². The fourth-order valence-electron chi connectivity index (χ4n) is 2.80. The second-order valence-corrected chi connectivity index (χ2v) is 9.55. The van der Waals surface area contributed by atoms with Crippen molar-refractivity contribution in [2.24, 2.45) is 0 Å². The third-order valence-electron chi connectivity index (χ3n) is 4.33. The SMILES string of the molecule is COc1ccc(CNC(=O)NCc2ccc(S(=O)(=O)N3CCCC3)s2)cc1. The maximum atomic E-state index is 12.5. The Labute approximate surface area is 163 Å². The van der Waals surface area contributed by atoms with E-state index in [1.807, 2.05) is 24.3 Å². The third kappa shape index (κ3) is 5.00. The first-order valence-corrected chi connectivity index (χ1v) is 11.0. The van der Waals surface area contributed by atoms with Gasteiger partial charge >= 0.3 is 6.03 Å². The summed E-state index contributed by atoms with van der Waals surface area (Å²) in [5.41, 5.74) is 0.959. The van der Waals surface area contributed by atoms with Crippen molar-refractivity contribution in [3.05, 3.63) is 46.8 Å². The van der Waals surface area contributed by atoms with Crippen LogP contribution in [0.15, 0.2) is 40.6 Å². The monoisotopic (exact) mass is 409 g/mol. The number of methoxy groups -OCH3 is 1. The van der Waals surface area contributed by atoms with Crippen LogP contribution in [0.4, 0.5) is 4.79 Å². The Bertz CT molecular complexity index is 872. The van der Waals surface area contributed by atoms with E-state index in [-0.39, 0.29) is 12.6 Å². The molecule has 2 amide bonds. The zero-order valence-electron chi connectivity index (χ0n) is 15.1. The lowest BCUT2D eigenvalue weighted by molar-refractivity contribution is 0.240. The van der Waals surface area contributed by atoms with E-state index in [1.165, 1.54) is 15.6 Å². The smallest absolute Gasteiger partial charge is 0.315 e. The molecule has 9 heteroatoms. The average Bonchev–Trinajstić information content (AvgIpc) is 3.37. The van der Waals surface area contributed by atoms with E-state index in [1.54, 1.807) is 19.2 Å². The van der Waals surface area contributed by atoms with Gasteiger partial charge in [0.05, 0.1) is 13.7 Å². The lowest BCUT2D eigenvalue weighted by atomic mass is 10.2. The van der Waals surface area contributed by atoms with Crippen LogP contribution in [0, 0.1) is 0 Å². The van der Waals surface area contributed by atoms with Crippen LogP contribution in [0.2, 0.25) is 0 Å². The Kier molecular flexibility index (Phi) is 6.35. The van der Waals surface area contributed by atoms with Crippen molar-refractivity contribution in [2.75, 3.05) is 20.2 Å². The van der Waals surface area contributed by atoms with Gasteiger partial charge in [-0.2, -0.15) is 4.31 Å². The normalized spacial score (nSPS) is 14.9. The minimum absolute atomic E-state index is 0.286. The van der Waals surface area contributed by atoms with Crippen molar-refractivity contribution in [3.8, 4) is 5.75 Å². The van der Waals surface area contributed by atoms with Gasteiger partial charge in [-0.25, -0.2) is 13.2 Å². The summed E-state index contributed by atoms with van der Waals surface area (Å²) in [7, 11) is -1.79. The molecule has 1 aliphatic rings. The minimum atomic E-state index is -3.40. The van der Waals surface area contributed by atoms with Crippen LogP contribution in [0.25, 0.3) is 0 Å². The molecule has 2 heterocycles. The molecule has 1 saturated heterocycles. The molecule has 1 aromatic heterocycles. The molecule has 2 N–H and O–H groups in total. The molecule has 3 rings (SSSR count). The Morgan fingerprint density at radius 2 is 1.74 bits per heavy atom. The first-order valence-electron chi connectivity index (χ1n) is 8.72. The van der Waals surface area contributed by atoms with E-state index in [0.29, 0.717) is 23.8 Å². The largest absolute Gasteiger partial charge is 0.497 e. The predicted molar refractivity (Wildman–Crippen MR) is 104 cm³/mol. The van der Waals surface area contributed by atoms with Crippen molar-refractivity contribution in [1.82, 2.24) is 14.9 Å². The predicted octanol–water partition coefficient (Wildman–Crippen LogP) is 2.54. The first-order chi connectivity index (χ1) is 13.0. The molecule has 0 bridgehead atoms. The van der Waals surface area contributed by atoms with Crippen LogP contribution in [0.5, 0.6) is 5.75 Å². The molecule has 0 aliphatic carbocycles. The molecule has 1 aliphatic heterocycles. The number of carbonyl (C=O) groups excluding carboxylic acids is 1. The van der Waals surface area contributed by atoms with Gasteiger partial charge in [0.2, 0.25) is 0 Å². The van der Waals surface area contributed by atoms with Gasteiger partial charge in [-0.1, -0.05) is 12.1 Å². The quantitative estimate of drug-likeness (QED) is 0.736. The molecular formula is C18H23N3O4S2. The fourth-order valence-corrected chi connectivity index (χ4v) is 5.77. The van der Waals surface area contributed by atoms with Crippen molar-refractivity contribution >= 4 is 27.4 Å². The van der Waals surface area contributed by atoms with Crippen molar-refractivity contribution < 1.29 is 17.9 Å². The average molecular weight is 410 g/mol. The highest BCUT2D eigenvalue weighted by atomic mass is 32.2. The second kappa shape index (κ2) is 8.73. The van der Waals surface area contributed by atoms with Gasteiger partial charge in [0.25, 0.3) is 10.0 Å². The zero-order chi connectivity index (χ0) is 19.3. The maximum Gasteiger partial charge on any atom is 0.315 e. The number of rotatable bonds is 7. The lowest BCUT2D eigenvalue weighted by Crippen LogP contribution is -2.34. The van der Waals surface area contributed by atoms with E-state index in [4.69, 9.17) is 4.74 Å². The Morgan fingerprint density at radius 3 is 2.41 bits per heavy atom. The fraction of sp³-hybridized carbons (Fsp3) is 0.389. The molecule has 1 aromatic carbocycles.